The van der Waals surface area contributed by atoms with Crippen LogP contribution in [0.2, 0.25) is 0 Å². The highest BCUT2D eigenvalue weighted by atomic mass is 16.5. The Morgan fingerprint density at radius 3 is 2.50 bits per heavy atom. The fourth-order valence-corrected chi connectivity index (χ4v) is 2.29. The van der Waals surface area contributed by atoms with Crippen molar-refractivity contribution in [3.05, 3.63) is 0 Å². The Kier molecular flexibility index (Phi) is 6.99. The summed E-state index contributed by atoms with van der Waals surface area (Å²) in [5, 5.41) is 0. The van der Waals surface area contributed by atoms with Crippen molar-refractivity contribution in [2.24, 2.45) is 21.1 Å². The van der Waals surface area contributed by atoms with E-state index in [0.29, 0.717) is 19.8 Å². The van der Waals surface area contributed by atoms with Crippen LogP contribution in [0.3, 0.4) is 0 Å². The van der Waals surface area contributed by atoms with E-state index in [9.17, 15) is 0 Å². The van der Waals surface area contributed by atoms with Crippen LogP contribution in [-0.4, -0.2) is 44.1 Å². The SMILES string of the molecule is CCOC1=N[C@H](CCC(C)(C)CCN)C(OCC)=NC1. The summed E-state index contributed by atoms with van der Waals surface area (Å²) in [6.45, 7) is 10.9. The fraction of sp³-hybridized carbons (Fsp3) is 0.867. The maximum absolute atomic E-state index is 5.66. The summed E-state index contributed by atoms with van der Waals surface area (Å²) in [6.07, 6.45) is 2.98. The zero-order valence-corrected chi connectivity index (χ0v) is 13.3. The molecule has 2 N–H and O–H groups in total. The molecule has 116 valence electrons. The molecule has 0 fully saturated rings. The first-order valence-corrected chi connectivity index (χ1v) is 7.59. The predicted molar refractivity (Wildman–Crippen MR) is 83.5 cm³/mol. The zero-order chi connectivity index (χ0) is 15.0. The average molecular weight is 283 g/mol. The molecule has 0 amide bonds. The number of ether oxygens (including phenoxy) is 2. The van der Waals surface area contributed by atoms with Gasteiger partial charge in [-0.15, -0.1) is 0 Å². The van der Waals surface area contributed by atoms with Crippen molar-refractivity contribution in [2.75, 3.05) is 26.3 Å². The molecule has 0 saturated carbocycles. The van der Waals surface area contributed by atoms with Crippen LogP contribution in [-0.2, 0) is 9.47 Å². The Hall–Kier alpha value is -1.10. The van der Waals surface area contributed by atoms with Crippen LogP contribution >= 0.6 is 0 Å². The third-order valence-corrected chi connectivity index (χ3v) is 3.47. The third-order valence-electron chi connectivity index (χ3n) is 3.47. The molecule has 1 rings (SSSR count). The number of aliphatic imine (C=N–C) groups is 2. The monoisotopic (exact) mass is 283 g/mol. The number of rotatable bonds is 7. The summed E-state index contributed by atoms with van der Waals surface area (Å²) < 4.78 is 11.1. The van der Waals surface area contributed by atoms with E-state index >= 15 is 0 Å². The van der Waals surface area contributed by atoms with Crippen LogP contribution in [0.1, 0.15) is 47.0 Å². The molecule has 1 aliphatic heterocycles. The first kappa shape index (κ1) is 17.0. The Bertz CT molecular complexity index is 351. The van der Waals surface area contributed by atoms with Crippen LogP contribution in [0.5, 0.6) is 0 Å². The highest BCUT2D eigenvalue weighted by Gasteiger charge is 2.26. The van der Waals surface area contributed by atoms with Gasteiger partial charge in [-0.2, -0.15) is 0 Å². The molecule has 0 bridgehead atoms. The van der Waals surface area contributed by atoms with E-state index in [2.05, 4.69) is 23.8 Å². The quantitative estimate of drug-likeness (QED) is 0.780. The third kappa shape index (κ3) is 5.49. The van der Waals surface area contributed by atoms with Gasteiger partial charge in [0.2, 0.25) is 11.8 Å². The molecular formula is C15H29N3O2. The Labute approximate surface area is 122 Å². The first-order valence-electron chi connectivity index (χ1n) is 7.59. The molecule has 0 aliphatic carbocycles. The normalized spacial score (nSPS) is 19.4. The average Bonchev–Trinajstić information content (AvgIpc) is 2.39. The molecule has 1 atom stereocenters. The summed E-state index contributed by atoms with van der Waals surface area (Å²) in [6, 6.07) is -0.0118. The van der Waals surface area contributed by atoms with Gasteiger partial charge in [0.1, 0.15) is 12.6 Å². The van der Waals surface area contributed by atoms with E-state index in [1.54, 1.807) is 0 Å². The molecule has 5 nitrogen and oxygen atoms in total. The van der Waals surface area contributed by atoms with E-state index in [-0.39, 0.29) is 11.5 Å². The second-order valence-corrected chi connectivity index (χ2v) is 5.80. The molecule has 0 saturated heterocycles. The largest absolute Gasteiger partial charge is 0.480 e. The molecular weight excluding hydrogens is 254 g/mol. The van der Waals surface area contributed by atoms with E-state index in [0.717, 1.165) is 37.6 Å². The minimum atomic E-state index is -0.0118. The van der Waals surface area contributed by atoms with Gasteiger partial charge in [-0.1, -0.05) is 13.8 Å². The van der Waals surface area contributed by atoms with E-state index < -0.39 is 0 Å². The highest BCUT2D eigenvalue weighted by molar-refractivity contribution is 5.91. The Balaban J connectivity index is 2.64. The zero-order valence-electron chi connectivity index (χ0n) is 13.3. The topological polar surface area (TPSA) is 69.2 Å². The minimum absolute atomic E-state index is 0.0118. The maximum Gasteiger partial charge on any atom is 0.209 e. The van der Waals surface area contributed by atoms with Gasteiger partial charge in [0.15, 0.2) is 0 Å². The number of hydrogen-bond donors (Lipinski definition) is 1. The van der Waals surface area contributed by atoms with Crippen molar-refractivity contribution in [3.8, 4) is 0 Å². The molecule has 1 aliphatic rings. The molecule has 5 heteroatoms. The molecule has 1 heterocycles. The van der Waals surface area contributed by atoms with E-state index in [1.807, 2.05) is 13.8 Å². The lowest BCUT2D eigenvalue weighted by atomic mass is 9.83. The van der Waals surface area contributed by atoms with Crippen LogP contribution < -0.4 is 5.73 Å². The van der Waals surface area contributed by atoms with Gasteiger partial charge in [-0.25, -0.2) is 9.98 Å². The van der Waals surface area contributed by atoms with Crippen LogP contribution in [0.25, 0.3) is 0 Å². The lowest BCUT2D eigenvalue weighted by molar-refractivity contribution is 0.271. The van der Waals surface area contributed by atoms with Crippen molar-refractivity contribution < 1.29 is 9.47 Å². The van der Waals surface area contributed by atoms with Gasteiger partial charge in [0.25, 0.3) is 0 Å². The summed E-state index contributed by atoms with van der Waals surface area (Å²) in [5.74, 6) is 1.47. The summed E-state index contributed by atoms with van der Waals surface area (Å²) in [7, 11) is 0. The van der Waals surface area contributed by atoms with Gasteiger partial charge in [-0.3, -0.25) is 0 Å². The van der Waals surface area contributed by atoms with Gasteiger partial charge in [0, 0.05) is 0 Å². The van der Waals surface area contributed by atoms with E-state index in [4.69, 9.17) is 15.2 Å². The van der Waals surface area contributed by atoms with Gasteiger partial charge in [0.05, 0.1) is 13.2 Å². The summed E-state index contributed by atoms with van der Waals surface area (Å²) >= 11 is 0. The van der Waals surface area contributed by atoms with Crippen LogP contribution in [0, 0.1) is 5.41 Å². The molecule has 0 aromatic carbocycles. The van der Waals surface area contributed by atoms with Crippen molar-refractivity contribution in [1.29, 1.82) is 0 Å². The number of nitrogens with two attached hydrogens (primary N) is 1. The van der Waals surface area contributed by atoms with Gasteiger partial charge >= 0.3 is 0 Å². The maximum atomic E-state index is 5.66. The standard InChI is InChI=1S/C15H29N3O2/c1-5-19-13-11-17-14(20-6-2)12(18-13)7-8-15(3,4)9-10-16/h12H,5-11,16H2,1-4H3/t12-/m1/s1. The number of nitrogens with zero attached hydrogens (tertiary/aromatic N) is 2. The highest BCUT2D eigenvalue weighted by Crippen LogP contribution is 2.28. The Morgan fingerprint density at radius 1 is 1.20 bits per heavy atom. The van der Waals surface area contributed by atoms with Crippen molar-refractivity contribution in [3.63, 3.8) is 0 Å². The van der Waals surface area contributed by atoms with Gasteiger partial charge < -0.3 is 15.2 Å². The molecule has 0 aromatic heterocycles. The summed E-state index contributed by atoms with van der Waals surface area (Å²) in [4.78, 5) is 9.10. The second-order valence-electron chi connectivity index (χ2n) is 5.80. The fourth-order valence-electron chi connectivity index (χ4n) is 2.29. The molecule has 20 heavy (non-hydrogen) atoms. The van der Waals surface area contributed by atoms with Crippen molar-refractivity contribution in [2.45, 2.75) is 53.0 Å². The lowest BCUT2D eigenvalue weighted by Crippen LogP contribution is -2.31. The van der Waals surface area contributed by atoms with Gasteiger partial charge in [-0.05, 0) is 45.1 Å². The minimum Gasteiger partial charge on any atom is -0.480 e. The molecule has 0 aromatic rings. The van der Waals surface area contributed by atoms with Crippen molar-refractivity contribution in [1.82, 2.24) is 0 Å². The molecule has 0 radical (unpaired) electrons. The molecule has 0 unspecified atom stereocenters. The summed E-state index contributed by atoms with van der Waals surface area (Å²) in [5.41, 5.74) is 5.89. The second kappa shape index (κ2) is 8.25. The number of hydrogen-bond acceptors (Lipinski definition) is 5. The predicted octanol–water partition coefficient (Wildman–Crippen LogP) is 2.39. The smallest absolute Gasteiger partial charge is 0.209 e. The van der Waals surface area contributed by atoms with Crippen LogP contribution in [0.4, 0.5) is 0 Å². The van der Waals surface area contributed by atoms with Crippen LogP contribution in [0.15, 0.2) is 9.98 Å². The first-order chi connectivity index (χ1) is 9.52. The van der Waals surface area contributed by atoms with Crippen molar-refractivity contribution >= 4 is 11.8 Å². The van der Waals surface area contributed by atoms with E-state index in [1.165, 1.54) is 0 Å². The molecule has 0 spiro atoms. The lowest BCUT2D eigenvalue weighted by Gasteiger charge is -2.27. The Morgan fingerprint density at radius 2 is 1.90 bits per heavy atom.